The zero-order valence-electron chi connectivity index (χ0n) is 9.90. The van der Waals surface area contributed by atoms with Gasteiger partial charge in [0, 0.05) is 54.0 Å². The van der Waals surface area contributed by atoms with Gasteiger partial charge in [-0.1, -0.05) is 6.92 Å². The predicted octanol–water partition coefficient (Wildman–Crippen LogP) is 1.82. The lowest BCUT2D eigenvalue weighted by atomic mass is 10.1. The number of nitrogens with zero attached hydrogens (tertiary/aromatic N) is 3. The molecule has 0 N–H and O–H groups in total. The van der Waals surface area contributed by atoms with E-state index in [9.17, 15) is 4.91 Å². The topological polar surface area (TPSA) is 35.9 Å². The van der Waals surface area contributed by atoms with Gasteiger partial charge in [0.2, 0.25) is 0 Å². The van der Waals surface area contributed by atoms with E-state index in [0.29, 0.717) is 0 Å². The molecule has 1 rings (SSSR count). The van der Waals surface area contributed by atoms with Crippen LogP contribution >= 0.6 is 11.9 Å². The van der Waals surface area contributed by atoms with Crippen molar-refractivity contribution in [3.05, 3.63) is 4.91 Å². The Balaban J connectivity index is 2.31. The normalized spacial score (nSPS) is 20.5. The van der Waals surface area contributed by atoms with Gasteiger partial charge in [-0.05, 0) is 20.4 Å². The average Bonchev–Trinajstić information content (AvgIpc) is 2.18. The summed E-state index contributed by atoms with van der Waals surface area (Å²) in [6.07, 6.45) is 0. The minimum Gasteiger partial charge on any atom is -0.301 e. The van der Waals surface area contributed by atoms with Gasteiger partial charge < -0.3 is 4.90 Å². The van der Waals surface area contributed by atoms with Crippen molar-refractivity contribution in [1.29, 1.82) is 0 Å². The summed E-state index contributed by atoms with van der Waals surface area (Å²) in [6.45, 7) is 12.9. The molecular weight excluding hydrogens is 210 g/mol. The molecular formula is C10H21N3OS. The molecule has 0 aromatic rings. The summed E-state index contributed by atoms with van der Waals surface area (Å²) in [5.41, 5.74) is 0. The maximum absolute atomic E-state index is 10.2. The second-order valence-corrected chi connectivity index (χ2v) is 6.07. The standard InChI is InChI=1S/C10H21N3OS/c1-4-12-5-7-13(8-6-12)9-10(2,3)15-11-14/h4-9H2,1-3H3. The van der Waals surface area contributed by atoms with Gasteiger partial charge >= 0.3 is 0 Å². The van der Waals surface area contributed by atoms with Crippen LogP contribution in [0.2, 0.25) is 0 Å². The molecule has 5 heteroatoms. The van der Waals surface area contributed by atoms with Crippen LogP contribution in [0.5, 0.6) is 0 Å². The monoisotopic (exact) mass is 231 g/mol. The van der Waals surface area contributed by atoms with E-state index in [0.717, 1.165) is 51.2 Å². The molecule has 1 saturated heterocycles. The first-order chi connectivity index (χ1) is 7.07. The molecule has 0 spiro atoms. The number of piperazine rings is 1. The van der Waals surface area contributed by atoms with Crippen LogP contribution in [0.25, 0.3) is 0 Å². The number of rotatable bonds is 5. The summed E-state index contributed by atoms with van der Waals surface area (Å²) in [4.78, 5) is 15.1. The first kappa shape index (κ1) is 12.9. The van der Waals surface area contributed by atoms with E-state index in [-0.39, 0.29) is 4.75 Å². The average molecular weight is 231 g/mol. The molecule has 0 aliphatic carbocycles. The highest BCUT2D eigenvalue weighted by atomic mass is 32.2. The summed E-state index contributed by atoms with van der Waals surface area (Å²) >= 11 is 1.15. The molecule has 88 valence electrons. The Labute approximate surface area is 96.5 Å². The molecule has 0 bridgehead atoms. The van der Waals surface area contributed by atoms with Crippen molar-refractivity contribution < 1.29 is 0 Å². The van der Waals surface area contributed by atoms with Crippen molar-refractivity contribution in [1.82, 2.24) is 9.80 Å². The summed E-state index contributed by atoms with van der Waals surface area (Å²) in [5.74, 6) is 0. The minimum absolute atomic E-state index is 0.0594. The molecule has 0 aromatic carbocycles. The van der Waals surface area contributed by atoms with Gasteiger partial charge in [-0.3, -0.25) is 4.90 Å². The number of likely N-dealkylation sites (N-methyl/N-ethyl adjacent to an activating group) is 1. The van der Waals surface area contributed by atoms with Crippen molar-refractivity contribution in [3.63, 3.8) is 0 Å². The third-order valence-electron chi connectivity index (χ3n) is 2.80. The van der Waals surface area contributed by atoms with Crippen molar-refractivity contribution in [2.45, 2.75) is 25.5 Å². The molecule has 0 saturated carbocycles. The second kappa shape index (κ2) is 5.82. The third kappa shape index (κ3) is 4.49. The van der Waals surface area contributed by atoms with Crippen molar-refractivity contribution in [2.24, 2.45) is 4.58 Å². The van der Waals surface area contributed by atoms with Gasteiger partial charge in [0.05, 0.1) is 0 Å². The molecule has 1 aliphatic heterocycles. The fourth-order valence-corrected chi connectivity index (χ4v) is 2.37. The van der Waals surface area contributed by atoms with E-state index in [1.54, 1.807) is 0 Å². The SMILES string of the molecule is CCN1CCN(CC(C)(C)SN=O)CC1. The van der Waals surface area contributed by atoms with Crippen LogP contribution in [-0.2, 0) is 0 Å². The van der Waals surface area contributed by atoms with E-state index in [1.807, 2.05) is 0 Å². The van der Waals surface area contributed by atoms with E-state index in [1.165, 1.54) is 0 Å². The summed E-state index contributed by atoms with van der Waals surface area (Å²) < 4.78 is 2.87. The van der Waals surface area contributed by atoms with Crippen LogP contribution in [0.15, 0.2) is 4.58 Å². The predicted molar refractivity (Wildman–Crippen MR) is 66.0 cm³/mol. The number of nitroso groups, excluding NO2 is 1. The van der Waals surface area contributed by atoms with Crippen LogP contribution in [0.3, 0.4) is 0 Å². The molecule has 0 unspecified atom stereocenters. The third-order valence-corrected chi connectivity index (χ3v) is 3.50. The maximum Gasteiger partial charge on any atom is 0.0483 e. The van der Waals surface area contributed by atoms with E-state index in [4.69, 9.17) is 0 Å². The Kier molecular flexibility index (Phi) is 5.02. The van der Waals surface area contributed by atoms with Crippen LogP contribution in [0, 0.1) is 4.91 Å². The summed E-state index contributed by atoms with van der Waals surface area (Å²) in [6, 6.07) is 0. The van der Waals surface area contributed by atoms with Crippen LogP contribution < -0.4 is 0 Å². The first-order valence-electron chi connectivity index (χ1n) is 5.53. The number of hydrogen-bond acceptors (Lipinski definition) is 5. The lowest BCUT2D eigenvalue weighted by Crippen LogP contribution is -2.49. The van der Waals surface area contributed by atoms with Gasteiger partial charge in [-0.2, -0.15) is 0 Å². The Morgan fingerprint density at radius 3 is 2.20 bits per heavy atom. The summed E-state index contributed by atoms with van der Waals surface area (Å²) in [7, 11) is 0. The Hall–Kier alpha value is -0.130. The zero-order chi connectivity index (χ0) is 11.3. The van der Waals surface area contributed by atoms with Gasteiger partial charge in [0.15, 0.2) is 0 Å². The molecule has 4 nitrogen and oxygen atoms in total. The van der Waals surface area contributed by atoms with Gasteiger partial charge in [-0.25, -0.2) is 0 Å². The molecule has 1 fully saturated rings. The van der Waals surface area contributed by atoms with Gasteiger partial charge in [0.1, 0.15) is 0 Å². The van der Waals surface area contributed by atoms with E-state index < -0.39 is 0 Å². The Morgan fingerprint density at radius 1 is 1.20 bits per heavy atom. The van der Waals surface area contributed by atoms with Gasteiger partial charge in [0.25, 0.3) is 0 Å². The van der Waals surface area contributed by atoms with Crippen LogP contribution in [0.4, 0.5) is 0 Å². The maximum atomic E-state index is 10.2. The lowest BCUT2D eigenvalue weighted by Gasteiger charge is -2.37. The quantitative estimate of drug-likeness (QED) is 0.534. The highest BCUT2D eigenvalue weighted by molar-refractivity contribution is 7.99. The highest BCUT2D eigenvalue weighted by Crippen LogP contribution is 2.26. The van der Waals surface area contributed by atoms with Gasteiger partial charge in [-0.15, -0.1) is 4.91 Å². The van der Waals surface area contributed by atoms with Crippen molar-refractivity contribution in [3.8, 4) is 0 Å². The molecule has 0 aromatic heterocycles. The largest absolute Gasteiger partial charge is 0.301 e. The zero-order valence-corrected chi connectivity index (χ0v) is 10.7. The molecule has 0 atom stereocenters. The lowest BCUT2D eigenvalue weighted by molar-refractivity contribution is 0.131. The molecule has 1 heterocycles. The van der Waals surface area contributed by atoms with Crippen LogP contribution in [0.1, 0.15) is 20.8 Å². The number of hydrogen-bond donors (Lipinski definition) is 0. The Bertz CT molecular complexity index is 203. The Morgan fingerprint density at radius 2 is 1.73 bits per heavy atom. The molecule has 15 heavy (non-hydrogen) atoms. The molecule has 0 radical (unpaired) electrons. The first-order valence-corrected chi connectivity index (χ1v) is 6.30. The molecule has 1 aliphatic rings. The fraction of sp³-hybridized carbons (Fsp3) is 1.00. The fourth-order valence-electron chi connectivity index (χ4n) is 1.93. The second-order valence-electron chi connectivity index (χ2n) is 4.64. The molecule has 0 amide bonds. The van der Waals surface area contributed by atoms with Crippen molar-refractivity contribution >= 4 is 11.9 Å². The highest BCUT2D eigenvalue weighted by Gasteiger charge is 2.25. The van der Waals surface area contributed by atoms with Crippen LogP contribution in [-0.4, -0.2) is 53.8 Å². The van der Waals surface area contributed by atoms with E-state index in [2.05, 4.69) is 35.2 Å². The minimum atomic E-state index is -0.0594. The summed E-state index contributed by atoms with van der Waals surface area (Å²) in [5, 5.41) is 0. The van der Waals surface area contributed by atoms with E-state index >= 15 is 0 Å². The van der Waals surface area contributed by atoms with Crippen molar-refractivity contribution in [2.75, 3.05) is 39.3 Å². The smallest absolute Gasteiger partial charge is 0.0483 e.